The van der Waals surface area contributed by atoms with E-state index < -0.39 is 0 Å². The summed E-state index contributed by atoms with van der Waals surface area (Å²) >= 11 is 5.26. The SMILES string of the molecule is Cc1ccc(NC(=O)C(=S)N2CCN(C)CC2)cc1. The molecule has 0 unspecified atom stereocenters. The van der Waals surface area contributed by atoms with Crippen LogP contribution in [0.1, 0.15) is 5.56 Å². The van der Waals surface area contributed by atoms with Gasteiger partial charge in [0.05, 0.1) is 0 Å². The molecule has 1 amide bonds. The summed E-state index contributed by atoms with van der Waals surface area (Å²) < 4.78 is 0. The van der Waals surface area contributed by atoms with Crippen molar-refractivity contribution in [1.82, 2.24) is 9.80 Å². The summed E-state index contributed by atoms with van der Waals surface area (Å²) in [5.41, 5.74) is 1.95. The average molecular weight is 277 g/mol. The molecule has 1 aliphatic rings. The fourth-order valence-electron chi connectivity index (χ4n) is 1.97. The Hall–Kier alpha value is -1.46. The van der Waals surface area contributed by atoms with E-state index in [0.717, 1.165) is 31.9 Å². The fraction of sp³-hybridized carbons (Fsp3) is 0.429. The van der Waals surface area contributed by atoms with Gasteiger partial charge in [-0.15, -0.1) is 0 Å². The van der Waals surface area contributed by atoms with Crippen molar-refractivity contribution < 1.29 is 4.79 Å². The van der Waals surface area contributed by atoms with E-state index in [4.69, 9.17) is 12.2 Å². The Morgan fingerprint density at radius 2 is 1.74 bits per heavy atom. The number of rotatable bonds is 1. The van der Waals surface area contributed by atoms with Gasteiger partial charge in [0, 0.05) is 31.9 Å². The predicted octanol–water partition coefficient (Wildman–Crippen LogP) is 1.51. The fourth-order valence-corrected chi connectivity index (χ4v) is 2.21. The van der Waals surface area contributed by atoms with E-state index in [0.29, 0.717) is 4.99 Å². The van der Waals surface area contributed by atoms with Gasteiger partial charge in [-0.25, -0.2) is 0 Å². The highest BCUT2D eigenvalue weighted by Gasteiger charge is 2.21. The van der Waals surface area contributed by atoms with Crippen molar-refractivity contribution in [2.75, 3.05) is 38.5 Å². The topological polar surface area (TPSA) is 35.6 Å². The Bertz CT molecular complexity index is 464. The van der Waals surface area contributed by atoms with Crippen molar-refractivity contribution in [3.8, 4) is 0 Å². The lowest BCUT2D eigenvalue weighted by atomic mass is 10.2. The first-order valence-corrected chi connectivity index (χ1v) is 6.82. The molecule has 5 heteroatoms. The molecule has 1 aliphatic heterocycles. The zero-order chi connectivity index (χ0) is 13.8. The Morgan fingerprint density at radius 3 is 2.32 bits per heavy atom. The Morgan fingerprint density at radius 1 is 1.16 bits per heavy atom. The van der Waals surface area contributed by atoms with Crippen molar-refractivity contribution in [3.63, 3.8) is 0 Å². The van der Waals surface area contributed by atoms with Crippen LogP contribution in [0.4, 0.5) is 5.69 Å². The summed E-state index contributed by atoms with van der Waals surface area (Å²) in [5.74, 6) is -0.191. The molecule has 0 aliphatic carbocycles. The third kappa shape index (κ3) is 3.75. The van der Waals surface area contributed by atoms with Crippen LogP contribution < -0.4 is 5.32 Å². The van der Waals surface area contributed by atoms with Gasteiger partial charge in [0.15, 0.2) is 4.99 Å². The lowest BCUT2D eigenvalue weighted by Crippen LogP contribution is -2.49. The summed E-state index contributed by atoms with van der Waals surface area (Å²) in [6.45, 7) is 5.53. The minimum Gasteiger partial charge on any atom is -0.356 e. The summed E-state index contributed by atoms with van der Waals surface area (Å²) in [4.78, 5) is 16.7. The average Bonchev–Trinajstić information content (AvgIpc) is 2.41. The molecule has 1 heterocycles. The van der Waals surface area contributed by atoms with Crippen LogP contribution in [0.5, 0.6) is 0 Å². The zero-order valence-electron chi connectivity index (χ0n) is 11.3. The molecule has 19 heavy (non-hydrogen) atoms. The maximum atomic E-state index is 12.1. The summed E-state index contributed by atoms with van der Waals surface area (Å²) in [5, 5.41) is 2.84. The summed E-state index contributed by atoms with van der Waals surface area (Å²) in [6, 6.07) is 7.71. The van der Waals surface area contributed by atoms with Gasteiger partial charge in [0.1, 0.15) is 0 Å². The molecule has 0 spiro atoms. The van der Waals surface area contributed by atoms with Crippen LogP contribution >= 0.6 is 12.2 Å². The lowest BCUT2D eigenvalue weighted by molar-refractivity contribution is -0.110. The Balaban J connectivity index is 1.92. The van der Waals surface area contributed by atoms with Crippen LogP contribution in [0.3, 0.4) is 0 Å². The second kappa shape index (κ2) is 6.12. The van der Waals surface area contributed by atoms with Gasteiger partial charge in [-0.1, -0.05) is 29.9 Å². The highest BCUT2D eigenvalue weighted by atomic mass is 32.1. The summed E-state index contributed by atoms with van der Waals surface area (Å²) in [6.07, 6.45) is 0. The van der Waals surface area contributed by atoms with E-state index in [2.05, 4.69) is 17.3 Å². The van der Waals surface area contributed by atoms with Crippen LogP contribution in [0, 0.1) is 6.92 Å². The first-order valence-electron chi connectivity index (χ1n) is 6.42. The molecule has 1 aromatic rings. The van der Waals surface area contributed by atoms with E-state index in [9.17, 15) is 4.79 Å². The molecular weight excluding hydrogens is 258 g/mol. The predicted molar refractivity (Wildman–Crippen MR) is 81.5 cm³/mol. The quantitative estimate of drug-likeness (QED) is 0.789. The maximum Gasteiger partial charge on any atom is 0.283 e. The van der Waals surface area contributed by atoms with Crippen molar-refractivity contribution in [1.29, 1.82) is 0 Å². The van der Waals surface area contributed by atoms with Gasteiger partial charge in [0.2, 0.25) is 0 Å². The number of hydrogen-bond acceptors (Lipinski definition) is 3. The molecule has 0 saturated carbocycles. The Kier molecular flexibility index (Phi) is 4.50. The first-order chi connectivity index (χ1) is 9.06. The molecule has 1 aromatic carbocycles. The highest BCUT2D eigenvalue weighted by molar-refractivity contribution is 7.82. The molecule has 0 bridgehead atoms. The number of benzene rings is 1. The van der Waals surface area contributed by atoms with Crippen molar-refractivity contribution in [2.24, 2.45) is 0 Å². The number of amides is 1. The van der Waals surface area contributed by atoms with Gasteiger partial charge >= 0.3 is 0 Å². The van der Waals surface area contributed by atoms with Gasteiger partial charge < -0.3 is 15.1 Å². The first kappa shape index (κ1) is 14.0. The number of thiocarbonyl (C=S) groups is 1. The highest BCUT2D eigenvalue weighted by Crippen LogP contribution is 2.09. The van der Waals surface area contributed by atoms with Crippen molar-refractivity contribution >= 4 is 28.8 Å². The van der Waals surface area contributed by atoms with Crippen LogP contribution in [-0.2, 0) is 4.79 Å². The number of piperazine rings is 1. The van der Waals surface area contributed by atoms with Gasteiger partial charge in [-0.05, 0) is 26.1 Å². The smallest absolute Gasteiger partial charge is 0.283 e. The third-order valence-corrected chi connectivity index (χ3v) is 3.74. The minimum atomic E-state index is -0.191. The van der Waals surface area contributed by atoms with E-state index in [1.165, 1.54) is 5.56 Å². The normalized spacial score (nSPS) is 16.2. The monoisotopic (exact) mass is 277 g/mol. The molecule has 1 saturated heterocycles. The van der Waals surface area contributed by atoms with Crippen LogP contribution in [0.15, 0.2) is 24.3 Å². The molecule has 102 valence electrons. The van der Waals surface area contributed by atoms with Gasteiger partial charge in [0.25, 0.3) is 5.91 Å². The number of nitrogens with one attached hydrogen (secondary N) is 1. The molecule has 4 nitrogen and oxygen atoms in total. The van der Waals surface area contributed by atoms with E-state index in [1.54, 1.807) is 0 Å². The van der Waals surface area contributed by atoms with Crippen molar-refractivity contribution in [3.05, 3.63) is 29.8 Å². The minimum absolute atomic E-state index is 0.191. The van der Waals surface area contributed by atoms with Crippen LogP contribution in [0.2, 0.25) is 0 Å². The molecule has 1 fully saturated rings. The van der Waals surface area contributed by atoms with E-state index in [-0.39, 0.29) is 5.91 Å². The number of carbonyl (C=O) groups is 1. The van der Waals surface area contributed by atoms with Gasteiger partial charge in [-0.3, -0.25) is 4.79 Å². The summed E-state index contributed by atoms with van der Waals surface area (Å²) in [7, 11) is 2.08. The number of likely N-dealkylation sites (N-methyl/N-ethyl adjacent to an activating group) is 1. The molecule has 0 radical (unpaired) electrons. The standard InChI is InChI=1S/C14H19N3OS/c1-11-3-5-12(6-4-11)15-13(18)14(19)17-9-7-16(2)8-10-17/h3-6H,7-10H2,1-2H3,(H,15,18). The largest absolute Gasteiger partial charge is 0.356 e. The van der Waals surface area contributed by atoms with Crippen LogP contribution in [-0.4, -0.2) is 53.9 Å². The Labute approximate surface area is 119 Å². The second-order valence-corrected chi connectivity index (χ2v) is 5.30. The number of hydrogen-bond donors (Lipinski definition) is 1. The number of aryl methyl sites for hydroxylation is 1. The molecule has 1 N–H and O–H groups in total. The van der Waals surface area contributed by atoms with Gasteiger partial charge in [-0.2, -0.15) is 0 Å². The van der Waals surface area contributed by atoms with Crippen LogP contribution in [0.25, 0.3) is 0 Å². The zero-order valence-corrected chi connectivity index (χ0v) is 12.2. The van der Waals surface area contributed by atoms with Crippen molar-refractivity contribution in [2.45, 2.75) is 6.92 Å². The number of nitrogens with zero attached hydrogens (tertiary/aromatic N) is 2. The van der Waals surface area contributed by atoms with E-state index >= 15 is 0 Å². The molecule has 0 aromatic heterocycles. The molecule has 0 atom stereocenters. The lowest BCUT2D eigenvalue weighted by Gasteiger charge is -2.33. The molecule has 2 rings (SSSR count). The second-order valence-electron chi connectivity index (χ2n) is 4.92. The number of anilines is 1. The maximum absolute atomic E-state index is 12.1. The third-order valence-electron chi connectivity index (χ3n) is 3.29. The van der Waals surface area contributed by atoms with E-state index in [1.807, 2.05) is 36.1 Å². The number of carbonyl (C=O) groups excluding carboxylic acids is 1. The molecular formula is C14H19N3OS.